The molecular formula is C13H11O4P-2. The van der Waals surface area contributed by atoms with Gasteiger partial charge in [-0.05, 0) is 19.2 Å². The smallest absolute Gasteiger partial charge is 0.128 e. The molecule has 94 valence electrons. The van der Waals surface area contributed by atoms with Crippen molar-refractivity contribution in [3.63, 3.8) is 0 Å². The molecule has 0 aliphatic rings. The first-order valence-corrected chi connectivity index (χ1v) is 6.90. The first kappa shape index (κ1) is 12.8. The molecule has 2 rings (SSSR count). The van der Waals surface area contributed by atoms with Gasteiger partial charge in [-0.1, -0.05) is 48.5 Å². The van der Waals surface area contributed by atoms with Crippen LogP contribution in [0.2, 0.25) is 0 Å². The van der Waals surface area contributed by atoms with Crippen molar-refractivity contribution in [1.82, 2.24) is 0 Å². The molecule has 0 fully saturated rings. The average Bonchev–Trinajstić information content (AvgIpc) is 2.37. The summed E-state index contributed by atoms with van der Waals surface area (Å²) in [5.41, 5.74) is 0.902. The summed E-state index contributed by atoms with van der Waals surface area (Å²) in [6, 6.07) is 15.1. The predicted molar refractivity (Wildman–Crippen MR) is 64.5 cm³/mol. The van der Waals surface area contributed by atoms with Gasteiger partial charge in [0, 0.05) is 5.30 Å². The highest BCUT2D eigenvalue weighted by atomic mass is 31.2. The summed E-state index contributed by atoms with van der Waals surface area (Å²) in [6.07, 6.45) is 0. The molecular weight excluding hydrogens is 251 g/mol. The Bertz CT molecular complexity index is 562. The van der Waals surface area contributed by atoms with Crippen molar-refractivity contribution in [3.8, 4) is 5.75 Å². The average molecular weight is 262 g/mol. The molecule has 5 heteroatoms. The van der Waals surface area contributed by atoms with Gasteiger partial charge >= 0.3 is 0 Å². The molecule has 0 saturated heterocycles. The standard InChI is InChI=1S/C13H13O4P/c14-18(15,16)13-9-5-4-8-12(13)17-10-11-6-2-1-3-7-11/h1-9H,10H2,(H2,14,15,16)/p-2. The molecule has 2 aromatic carbocycles. The third-order valence-corrected chi connectivity index (χ3v) is 3.36. The number of hydrogen-bond donors (Lipinski definition) is 0. The zero-order valence-electron chi connectivity index (χ0n) is 9.48. The molecule has 0 radical (unpaired) electrons. The summed E-state index contributed by atoms with van der Waals surface area (Å²) in [5.74, 6) is 0.0923. The lowest BCUT2D eigenvalue weighted by molar-refractivity contribution is -0.308. The number of benzene rings is 2. The van der Waals surface area contributed by atoms with Crippen LogP contribution in [0.5, 0.6) is 5.75 Å². The molecule has 0 unspecified atom stereocenters. The van der Waals surface area contributed by atoms with Crippen molar-refractivity contribution in [2.75, 3.05) is 0 Å². The number of rotatable bonds is 4. The molecule has 0 heterocycles. The highest BCUT2D eigenvalue weighted by Crippen LogP contribution is 2.28. The molecule has 0 atom stereocenters. The fourth-order valence-electron chi connectivity index (χ4n) is 1.54. The third-order valence-electron chi connectivity index (χ3n) is 2.40. The van der Waals surface area contributed by atoms with Crippen LogP contribution in [0.4, 0.5) is 0 Å². The van der Waals surface area contributed by atoms with Crippen molar-refractivity contribution in [2.24, 2.45) is 0 Å². The molecule has 4 nitrogen and oxygen atoms in total. The van der Waals surface area contributed by atoms with E-state index in [2.05, 4.69) is 0 Å². The largest absolute Gasteiger partial charge is 0.807 e. The fraction of sp³-hybridized carbons (Fsp3) is 0.0769. The molecule has 2 aromatic rings. The van der Waals surface area contributed by atoms with Crippen molar-refractivity contribution >= 4 is 12.9 Å². The van der Waals surface area contributed by atoms with Crippen LogP contribution in [0.15, 0.2) is 54.6 Å². The van der Waals surface area contributed by atoms with E-state index in [4.69, 9.17) is 4.74 Å². The molecule has 0 aromatic heterocycles. The predicted octanol–water partition coefficient (Wildman–Crippen LogP) is 0.805. The lowest BCUT2D eigenvalue weighted by Gasteiger charge is -2.31. The molecule has 18 heavy (non-hydrogen) atoms. The van der Waals surface area contributed by atoms with E-state index >= 15 is 0 Å². The Morgan fingerprint density at radius 1 is 0.944 bits per heavy atom. The fourth-order valence-corrected chi connectivity index (χ4v) is 2.22. The molecule has 0 spiro atoms. The van der Waals surface area contributed by atoms with Gasteiger partial charge in [0.2, 0.25) is 0 Å². The van der Waals surface area contributed by atoms with Gasteiger partial charge in [0.25, 0.3) is 0 Å². The van der Waals surface area contributed by atoms with Crippen molar-refractivity contribution < 1.29 is 19.1 Å². The van der Waals surface area contributed by atoms with Gasteiger partial charge in [0.1, 0.15) is 12.4 Å². The van der Waals surface area contributed by atoms with Gasteiger partial charge in [-0.3, -0.25) is 0 Å². The first-order valence-electron chi connectivity index (χ1n) is 5.36. The second-order valence-corrected chi connectivity index (χ2v) is 5.22. The Hall–Kier alpha value is -1.61. The van der Waals surface area contributed by atoms with Crippen molar-refractivity contribution in [1.29, 1.82) is 0 Å². The lowest BCUT2D eigenvalue weighted by Crippen LogP contribution is -2.26. The summed E-state index contributed by atoms with van der Waals surface area (Å²) < 4.78 is 16.4. The monoisotopic (exact) mass is 262 g/mol. The van der Waals surface area contributed by atoms with Gasteiger partial charge < -0.3 is 19.1 Å². The number of ether oxygens (including phenoxy) is 1. The van der Waals surface area contributed by atoms with Crippen LogP contribution < -0.4 is 19.8 Å². The van der Waals surface area contributed by atoms with Gasteiger partial charge in [0.15, 0.2) is 0 Å². The Morgan fingerprint density at radius 3 is 2.22 bits per heavy atom. The lowest BCUT2D eigenvalue weighted by atomic mass is 10.2. The Labute approximate surface area is 105 Å². The maximum atomic E-state index is 11.1. The second kappa shape index (κ2) is 5.36. The molecule has 0 aliphatic heterocycles. The minimum atomic E-state index is -4.80. The SMILES string of the molecule is O=P([O-])([O-])c1ccccc1OCc1ccccc1. The van der Waals surface area contributed by atoms with Crippen LogP contribution in [0.1, 0.15) is 5.56 Å². The Kier molecular flexibility index (Phi) is 3.82. The minimum absolute atomic E-state index is 0.0923. The van der Waals surface area contributed by atoms with E-state index in [-0.39, 0.29) is 17.7 Å². The van der Waals surface area contributed by atoms with E-state index in [1.54, 1.807) is 6.07 Å². The van der Waals surface area contributed by atoms with Crippen molar-refractivity contribution in [2.45, 2.75) is 6.61 Å². The van der Waals surface area contributed by atoms with Crippen LogP contribution in [-0.4, -0.2) is 0 Å². The normalized spacial score (nSPS) is 11.2. The highest BCUT2D eigenvalue weighted by Gasteiger charge is 2.06. The van der Waals surface area contributed by atoms with Gasteiger partial charge in [-0.25, -0.2) is 0 Å². The Balaban J connectivity index is 2.18. The molecule has 0 N–H and O–H groups in total. The minimum Gasteiger partial charge on any atom is -0.807 e. The Morgan fingerprint density at radius 2 is 1.56 bits per heavy atom. The zero-order chi connectivity index (χ0) is 13.0. The van der Waals surface area contributed by atoms with Gasteiger partial charge in [-0.2, -0.15) is 0 Å². The summed E-state index contributed by atoms with van der Waals surface area (Å²) in [7, 11) is -4.80. The van der Waals surface area contributed by atoms with Crippen LogP contribution in [0, 0.1) is 0 Å². The topological polar surface area (TPSA) is 72.4 Å². The molecule has 0 amide bonds. The van der Waals surface area contributed by atoms with E-state index in [0.717, 1.165) is 5.56 Å². The van der Waals surface area contributed by atoms with E-state index < -0.39 is 7.60 Å². The van der Waals surface area contributed by atoms with E-state index in [1.807, 2.05) is 30.3 Å². The maximum Gasteiger partial charge on any atom is 0.128 e. The quantitative estimate of drug-likeness (QED) is 0.764. The molecule has 0 aliphatic carbocycles. The van der Waals surface area contributed by atoms with Gasteiger partial charge in [0.05, 0.1) is 0 Å². The summed E-state index contributed by atoms with van der Waals surface area (Å²) in [6.45, 7) is 0.220. The summed E-state index contributed by atoms with van der Waals surface area (Å²) in [5, 5.41) is -0.305. The number of hydrogen-bond acceptors (Lipinski definition) is 4. The highest BCUT2D eigenvalue weighted by molar-refractivity contribution is 7.57. The van der Waals surface area contributed by atoms with E-state index in [9.17, 15) is 14.4 Å². The zero-order valence-corrected chi connectivity index (χ0v) is 10.4. The summed E-state index contributed by atoms with van der Waals surface area (Å²) in [4.78, 5) is 22.1. The summed E-state index contributed by atoms with van der Waals surface area (Å²) >= 11 is 0. The van der Waals surface area contributed by atoms with Crippen LogP contribution in [-0.2, 0) is 11.2 Å². The van der Waals surface area contributed by atoms with Crippen LogP contribution in [0.3, 0.4) is 0 Å². The second-order valence-electron chi connectivity index (χ2n) is 3.74. The number of para-hydroxylation sites is 1. The van der Waals surface area contributed by atoms with Crippen molar-refractivity contribution in [3.05, 3.63) is 60.2 Å². The first-order chi connectivity index (χ1) is 8.57. The van der Waals surface area contributed by atoms with Crippen LogP contribution >= 0.6 is 7.60 Å². The third kappa shape index (κ3) is 3.20. The molecule has 0 bridgehead atoms. The van der Waals surface area contributed by atoms with E-state index in [1.165, 1.54) is 18.2 Å². The van der Waals surface area contributed by atoms with E-state index in [0.29, 0.717) is 0 Å². The van der Waals surface area contributed by atoms with Gasteiger partial charge in [-0.15, -0.1) is 0 Å². The molecule has 0 saturated carbocycles. The van der Waals surface area contributed by atoms with Crippen LogP contribution in [0.25, 0.3) is 0 Å². The maximum absolute atomic E-state index is 11.1.